The Kier molecular flexibility index (Phi) is 7.56. The van der Waals surface area contributed by atoms with Crippen LogP contribution in [-0.2, 0) is 4.74 Å². The van der Waals surface area contributed by atoms with Crippen molar-refractivity contribution in [2.75, 3.05) is 26.0 Å². The number of hydrogen-bond acceptors (Lipinski definition) is 8. The van der Waals surface area contributed by atoms with Crippen molar-refractivity contribution < 1.29 is 19.1 Å². The summed E-state index contributed by atoms with van der Waals surface area (Å²) in [5.74, 6) is -0.604. The molecule has 9 nitrogen and oxygen atoms in total. The van der Waals surface area contributed by atoms with Crippen LogP contribution in [0.2, 0.25) is 0 Å². The van der Waals surface area contributed by atoms with Gasteiger partial charge in [0.2, 0.25) is 0 Å². The zero-order valence-corrected chi connectivity index (χ0v) is 17.8. The predicted octanol–water partition coefficient (Wildman–Crippen LogP) is 2.56. The number of esters is 1. The number of hydrazine groups is 1. The number of unbranched alkanes of at least 4 members (excludes halogenated alkanes) is 1. The Labute approximate surface area is 184 Å². The fourth-order valence-corrected chi connectivity index (χ4v) is 3.98. The zero-order valence-electron chi connectivity index (χ0n) is 17.0. The minimum absolute atomic E-state index is 0.129. The molecule has 1 aliphatic heterocycles. The van der Waals surface area contributed by atoms with Gasteiger partial charge in [0.25, 0.3) is 11.8 Å². The number of hydrogen-bond donors (Lipinski definition) is 0. The van der Waals surface area contributed by atoms with Crippen molar-refractivity contribution >= 4 is 29.5 Å². The second kappa shape index (κ2) is 10.5. The maximum absolute atomic E-state index is 13.2. The molecule has 0 N–H and O–H groups in total. The lowest BCUT2D eigenvalue weighted by atomic mass is 10.2. The second-order valence-corrected chi connectivity index (χ2v) is 7.68. The molecule has 0 aliphatic carbocycles. The first-order valence-corrected chi connectivity index (χ1v) is 10.7. The van der Waals surface area contributed by atoms with Crippen molar-refractivity contribution in [3.63, 3.8) is 0 Å². The highest BCUT2D eigenvalue weighted by Gasteiger charge is 2.33. The maximum atomic E-state index is 13.2. The molecule has 0 unspecified atom stereocenters. The number of carbonyl (C=O) groups is 3. The van der Waals surface area contributed by atoms with Gasteiger partial charge in [0.05, 0.1) is 24.3 Å². The molecule has 0 saturated carbocycles. The number of carbonyl (C=O) groups excluding carboxylic acids is 3. The Balaban J connectivity index is 1.76. The Bertz CT molecular complexity index is 1010. The minimum Gasteiger partial charge on any atom is -0.465 e. The van der Waals surface area contributed by atoms with Crippen LogP contribution in [0.25, 0.3) is 0 Å². The third-order valence-electron chi connectivity index (χ3n) is 4.58. The van der Waals surface area contributed by atoms with E-state index in [4.69, 9.17) is 5.26 Å². The molecule has 3 rings (SSSR count). The van der Waals surface area contributed by atoms with Gasteiger partial charge < -0.3 is 4.74 Å². The molecule has 0 bridgehead atoms. The molecule has 0 spiro atoms. The van der Waals surface area contributed by atoms with Crippen LogP contribution in [0.1, 0.15) is 50.5 Å². The highest BCUT2D eigenvalue weighted by atomic mass is 32.2. The molecular formula is C21H21N5O4S. The van der Waals surface area contributed by atoms with Gasteiger partial charge in [0.1, 0.15) is 10.7 Å². The minimum atomic E-state index is -0.541. The van der Waals surface area contributed by atoms with Gasteiger partial charge in [-0.15, -0.1) is 11.8 Å². The summed E-state index contributed by atoms with van der Waals surface area (Å²) in [5, 5.41) is 12.0. The summed E-state index contributed by atoms with van der Waals surface area (Å²) in [6.07, 6.45) is 4.68. The van der Waals surface area contributed by atoms with Gasteiger partial charge in [-0.25, -0.2) is 19.8 Å². The first-order valence-electron chi connectivity index (χ1n) is 9.69. The zero-order chi connectivity index (χ0) is 22.2. The SMILES string of the molecule is COC(=O)c1ccc(C(=O)N2CCCN2C(=O)c2cccnc2SCCCC#N)nc1. The summed E-state index contributed by atoms with van der Waals surface area (Å²) in [4.78, 5) is 46.1. The molecule has 160 valence electrons. The van der Waals surface area contributed by atoms with E-state index in [1.54, 1.807) is 18.3 Å². The van der Waals surface area contributed by atoms with Crippen molar-refractivity contribution in [3.05, 3.63) is 53.5 Å². The van der Waals surface area contributed by atoms with Crippen LogP contribution in [0.4, 0.5) is 0 Å². The van der Waals surface area contributed by atoms with Gasteiger partial charge in [0, 0.05) is 37.7 Å². The van der Waals surface area contributed by atoms with Gasteiger partial charge in [0.15, 0.2) is 0 Å². The van der Waals surface area contributed by atoms with Gasteiger partial charge in [-0.2, -0.15) is 5.26 Å². The first kappa shape index (κ1) is 22.2. The fourth-order valence-electron chi connectivity index (χ4n) is 3.05. The lowest BCUT2D eigenvalue weighted by molar-refractivity contribution is 0.0179. The number of aromatic nitrogens is 2. The van der Waals surface area contributed by atoms with Crippen molar-refractivity contribution in [1.82, 2.24) is 20.0 Å². The number of ether oxygens (including phenoxy) is 1. The standard InChI is InChI=1S/C21H21N5O4S/c1-30-21(29)15-7-8-17(24-14-15)20(28)26-12-5-11-25(26)19(27)16-6-4-10-23-18(16)31-13-3-2-9-22/h4,6-8,10,14H,2-3,5,11-13H2,1H3. The molecule has 31 heavy (non-hydrogen) atoms. The van der Waals surface area contributed by atoms with Crippen molar-refractivity contribution in [2.45, 2.75) is 24.3 Å². The number of amides is 2. The van der Waals surface area contributed by atoms with Crippen LogP contribution >= 0.6 is 11.8 Å². The monoisotopic (exact) mass is 439 g/mol. The summed E-state index contributed by atoms with van der Waals surface area (Å²) in [5.41, 5.74) is 0.782. The summed E-state index contributed by atoms with van der Waals surface area (Å²) in [6, 6.07) is 8.37. The summed E-state index contributed by atoms with van der Waals surface area (Å²) in [6.45, 7) is 0.786. The summed E-state index contributed by atoms with van der Waals surface area (Å²) < 4.78 is 4.64. The normalized spacial score (nSPS) is 13.0. The van der Waals surface area contributed by atoms with E-state index < -0.39 is 11.9 Å². The third kappa shape index (κ3) is 5.19. The lowest BCUT2D eigenvalue weighted by Crippen LogP contribution is -2.45. The summed E-state index contributed by atoms with van der Waals surface area (Å²) >= 11 is 1.42. The molecule has 0 aromatic carbocycles. The molecular weight excluding hydrogens is 418 g/mol. The van der Waals surface area contributed by atoms with E-state index >= 15 is 0 Å². The number of methoxy groups -OCH3 is 1. The number of thioether (sulfide) groups is 1. The Morgan fingerprint density at radius 1 is 1.16 bits per heavy atom. The Hall–Kier alpha value is -3.45. The molecule has 3 heterocycles. The van der Waals surface area contributed by atoms with Crippen molar-refractivity contribution in [3.8, 4) is 6.07 Å². The largest absolute Gasteiger partial charge is 0.465 e. The van der Waals surface area contributed by atoms with Gasteiger partial charge in [-0.1, -0.05) is 0 Å². The van der Waals surface area contributed by atoms with Crippen LogP contribution in [0.5, 0.6) is 0 Å². The Morgan fingerprint density at radius 3 is 2.61 bits per heavy atom. The predicted molar refractivity (Wildman–Crippen MR) is 112 cm³/mol. The second-order valence-electron chi connectivity index (χ2n) is 6.60. The van der Waals surface area contributed by atoms with Crippen LogP contribution in [0, 0.1) is 11.3 Å². The van der Waals surface area contributed by atoms with Crippen LogP contribution < -0.4 is 0 Å². The van der Waals surface area contributed by atoms with Gasteiger partial charge >= 0.3 is 5.97 Å². The van der Waals surface area contributed by atoms with E-state index in [-0.39, 0.29) is 17.2 Å². The van der Waals surface area contributed by atoms with Crippen LogP contribution in [-0.4, -0.2) is 63.7 Å². The molecule has 0 radical (unpaired) electrons. The highest BCUT2D eigenvalue weighted by Crippen LogP contribution is 2.25. The molecule has 1 fully saturated rings. The lowest BCUT2D eigenvalue weighted by Gasteiger charge is -2.28. The number of nitrogens with zero attached hydrogens (tertiary/aromatic N) is 5. The average molecular weight is 439 g/mol. The number of pyridine rings is 2. The topological polar surface area (TPSA) is 116 Å². The van der Waals surface area contributed by atoms with Crippen molar-refractivity contribution in [2.24, 2.45) is 0 Å². The van der Waals surface area contributed by atoms with E-state index in [2.05, 4.69) is 20.8 Å². The van der Waals surface area contributed by atoms with Crippen LogP contribution in [0.15, 0.2) is 41.7 Å². The quantitative estimate of drug-likeness (QED) is 0.367. The molecule has 1 aliphatic rings. The average Bonchev–Trinajstić information content (AvgIpc) is 3.30. The van der Waals surface area contributed by atoms with Gasteiger partial charge in [-0.05, 0) is 37.1 Å². The van der Waals surface area contributed by atoms with Crippen molar-refractivity contribution in [1.29, 1.82) is 5.26 Å². The molecule has 0 atom stereocenters. The third-order valence-corrected chi connectivity index (χ3v) is 5.67. The summed E-state index contributed by atoms with van der Waals surface area (Å²) in [7, 11) is 1.27. The van der Waals surface area contributed by atoms with Crippen LogP contribution in [0.3, 0.4) is 0 Å². The molecule has 1 saturated heterocycles. The van der Waals surface area contributed by atoms with E-state index in [1.807, 2.05) is 0 Å². The fraction of sp³-hybridized carbons (Fsp3) is 0.333. The highest BCUT2D eigenvalue weighted by molar-refractivity contribution is 7.99. The Morgan fingerprint density at radius 2 is 1.94 bits per heavy atom. The van der Waals surface area contributed by atoms with E-state index in [9.17, 15) is 14.4 Å². The van der Waals surface area contributed by atoms with E-state index in [1.165, 1.54) is 47.2 Å². The molecule has 2 aromatic heterocycles. The maximum Gasteiger partial charge on any atom is 0.339 e. The molecule has 2 aromatic rings. The van der Waals surface area contributed by atoms with E-state index in [0.29, 0.717) is 48.7 Å². The molecule has 10 heteroatoms. The first-order chi connectivity index (χ1) is 15.1. The smallest absolute Gasteiger partial charge is 0.339 e. The number of nitriles is 1. The van der Waals surface area contributed by atoms with E-state index in [0.717, 1.165) is 0 Å². The molecule has 2 amide bonds. The van der Waals surface area contributed by atoms with Gasteiger partial charge in [-0.3, -0.25) is 14.6 Å². The number of rotatable bonds is 7.